The van der Waals surface area contributed by atoms with Crippen LogP contribution in [0.4, 0.5) is 0 Å². The predicted molar refractivity (Wildman–Crippen MR) is 70.3 cm³/mol. The second-order valence-electron chi connectivity index (χ2n) is 3.87. The molecule has 0 aliphatic rings. The Kier molecular flexibility index (Phi) is 4.95. The number of hydrogen-bond donors (Lipinski definition) is 1. The highest BCUT2D eigenvalue weighted by atomic mass is 79.9. The number of hydrogen-bond acceptors (Lipinski definition) is 3. The number of nitrogens with two attached hydrogens (primary N) is 1. The molecule has 16 heavy (non-hydrogen) atoms. The quantitative estimate of drug-likeness (QED) is 0.904. The molecule has 0 spiro atoms. The van der Waals surface area contributed by atoms with Crippen molar-refractivity contribution in [3.05, 3.63) is 34.3 Å². The van der Waals surface area contributed by atoms with E-state index < -0.39 is 9.84 Å². The fraction of sp³-hybridized carbons (Fsp3) is 0.455. The summed E-state index contributed by atoms with van der Waals surface area (Å²) >= 11 is 3.45. The van der Waals surface area contributed by atoms with Crippen LogP contribution in [0.5, 0.6) is 0 Å². The van der Waals surface area contributed by atoms with Crippen molar-refractivity contribution in [1.29, 1.82) is 0 Å². The van der Waals surface area contributed by atoms with Gasteiger partial charge in [-0.15, -0.1) is 0 Å². The number of halogens is 1. The summed E-state index contributed by atoms with van der Waals surface area (Å²) < 4.78 is 23.2. The average Bonchev–Trinajstić information content (AvgIpc) is 2.20. The van der Waals surface area contributed by atoms with Crippen molar-refractivity contribution in [3.63, 3.8) is 0 Å². The van der Waals surface area contributed by atoms with Gasteiger partial charge in [0.2, 0.25) is 0 Å². The molecule has 0 saturated carbocycles. The minimum Gasteiger partial charge on any atom is -0.330 e. The van der Waals surface area contributed by atoms with E-state index in [0.29, 0.717) is 13.0 Å². The van der Waals surface area contributed by atoms with Gasteiger partial charge in [-0.2, -0.15) is 0 Å². The molecule has 0 aromatic heterocycles. The largest absolute Gasteiger partial charge is 0.330 e. The van der Waals surface area contributed by atoms with Gasteiger partial charge >= 0.3 is 0 Å². The van der Waals surface area contributed by atoms with E-state index in [0.717, 1.165) is 10.0 Å². The van der Waals surface area contributed by atoms with Crippen LogP contribution in [0.2, 0.25) is 0 Å². The van der Waals surface area contributed by atoms with Gasteiger partial charge in [-0.25, -0.2) is 8.42 Å². The highest BCUT2D eigenvalue weighted by molar-refractivity contribution is 9.10. The maximum Gasteiger partial charge on any atom is 0.147 e. The first kappa shape index (κ1) is 13.7. The monoisotopic (exact) mass is 305 g/mol. The van der Waals surface area contributed by atoms with Crippen LogP contribution in [-0.4, -0.2) is 27.0 Å². The second kappa shape index (κ2) is 5.80. The average molecular weight is 306 g/mol. The normalized spacial score (nSPS) is 13.7. The van der Waals surface area contributed by atoms with E-state index in [2.05, 4.69) is 15.9 Å². The van der Waals surface area contributed by atoms with Gasteiger partial charge in [0.1, 0.15) is 9.84 Å². The molecule has 2 N–H and O–H groups in total. The highest BCUT2D eigenvalue weighted by Gasteiger charge is 2.15. The lowest BCUT2D eigenvalue weighted by molar-refractivity contribution is 0.590. The molecule has 0 aliphatic heterocycles. The lowest BCUT2D eigenvalue weighted by atomic mass is 9.97. The summed E-state index contributed by atoms with van der Waals surface area (Å²) in [5.74, 6) is 0.265. The van der Waals surface area contributed by atoms with Gasteiger partial charge in [0.05, 0.1) is 5.75 Å². The molecule has 0 radical (unpaired) electrons. The molecule has 0 bridgehead atoms. The Morgan fingerprint density at radius 2 is 2.00 bits per heavy atom. The van der Waals surface area contributed by atoms with E-state index in [1.165, 1.54) is 6.26 Å². The SMILES string of the molecule is CS(=O)(=O)CCC(CN)c1ccccc1Br. The van der Waals surface area contributed by atoms with Gasteiger partial charge < -0.3 is 5.73 Å². The van der Waals surface area contributed by atoms with Crippen LogP contribution in [0.3, 0.4) is 0 Å². The minimum atomic E-state index is -2.92. The van der Waals surface area contributed by atoms with Crippen LogP contribution in [0.1, 0.15) is 17.9 Å². The van der Waals surface area contributed by atoms with E-state index in [9.17, 15) is 8.42 Å². The lowest BCUT2D eigenvalue weighted by Gasteiger charge is -2.16. The number of sulfone groups is 1. The molecule has 1 atom stereocenters. The second-order valence-corrected chi connectivity index (χ2v) is 6.99. The van der Waals surface area contributed by atoms with Gasteiger partial charge in [0, 0.05) is 10.7 Å². The highest BCUT2D eigenvalue weighted by Crippen LogP contribution is 2.26. The Labute approximate surface area is 105 Å². The molecule has 0 saturated heterocycles. The standard InChI is InChI=1S/C11H16BrNO2S/c1-16(14,15)7-6-9(8-13)10-4-2-3-5-11(10)12/h2-5,9H,6-8,13H2,1H3. The van der Waals surface area contributed by atoms with Crippen LogP contribution in [0.15, 0.2) is 28.7 Å². The summed E-state index contributed by atoms with van der Waals surface area (Å²) in [6.07, 6.45) is 1.82. The fourth-order valence-electron chi connectivity index (χ4n) is 1.56. The number of rotatable bonds is 5. The smallest absolute Gasteiger partial charge is 0.147 e. The first-order valence-electron chi connectivity index (χ1n) is 5.06. The Hall–Kier alpha value is -0.390. The summed E-state index contributed by atoms with van der Waals surface area (Å²) in [4.78, 5) is 0. The summed E-state index contributed by atoms with van der Waals surface area (Å²) in [6.45, 7) is 0.456. The molecule has 5 heteroatoms. The van der Waals surface area contributed by atoms with Crippen molar-refractivity contribution in [2.24, 2.45) is 5.73 Å². The van der Waals surface area contributed by atoms with Crippen LogP contribution in [0, 0.1) is 0 Å². The summed E-state index contributed by atoms with van der Waals surface area (Å²) in [6, 6.07) is 7.78. The molecule has 0 aliphatic carbocycles. The van der Waals surface area contributed by atoms with Crippen LogP contribution in [-0.2, 0) is 9.84 Å². The maximum absolute atomic E-state index is 11.1. The van der Waals surface area contributed by atoms with E-state index >= 15 is 0 Å². The third kappa shape index (κ3) is 4.23. The molecule has 1 unspecified atom stereocenters. The van der Waals surface area contributed by atoms with Crippen molar-refractivity contribution in [2.75, 3.05) is 18.6 Å². The van der Waals surface area contributed by atoms with Gasteiger partial charge in [-0.1, -0.05) is 34.1 Å². The lowest BCUT2D eigenvalue weighted by Crippen LogP contribution is -2.17. The summed E-state index contributed by atoms with van der Waals surface area (Å²) in [5.41, 5.74) is 6.76. The summed E-state index contributed by atoms with van der Waals surface area (Å²) in [7, 11) is -2.92. The van der Waals surface area contributed by atoms with E-state index in [4.69, 9.17) is 5.73 Å². The van der Waals surface area contributed by atoms with Gasteiger partial charge in [0.15, 0.2) is 0 Å². The zero-order chi connectivity index (χ0) is 12.2. The zero-order valence-corrected chi connectivity index (χ0v) is 11.6. The molecule has 0 fully saturated rings. The van der Waals surface area contributed by atoms with Gasteiger partial charge in [0.25, 0.3) is 0 Å². The molecule has 1 aromatic rings. The molecule has 1 rings (SSSR count). The Morgan fingerprint density at radius 1 is 1.38 bits per heavy atom. The molecule has 90 valence electrons. The third-order valence-electron chi connectivity index (χ3n) is 2.47. The first-order chi connectivity index (χ1) is 7.44. The minimum absolute atomic E-state index is 0.0882. The molecule has 3 nitrogen and oxygen atoms in total. The first-order valence-corrected chi connectivity index (χ1v) is 7.91. The van der Waals surface area contributed by atoms with Crippen LogP contribution < -0.4 is 5.73 Å². The Bertz CT molecular complexity index is 445. The topological polar surface area (TPSA) is 60.2 Å². The molecule has 1 aromatic carbocycles. The predicted octanol–water partition coefficient (Wildman–Crippen LogP) is 1.93. The Balaban J connectivity index is 2.79. The van der Waals surface area contributed by atoms with Crippen molar-refractivity contribution in [2.45, 2.75) is 12.3 Å². The van der Waals surface area contributed by atoms with Gasteiger partial charge in [-0.05, 0) is 30.5 Å². The maximum atomic E-state index is 11.1. The van der Waals surface area contributed by atoms with E-state index in [1.54, 1.807) is 0 Å². The fourth-order valence-corrected chi connectivity index (χ4v) is 2.88. The van der Waals surface area contributed by atoms with E-state index in [1.807, 2.05) is 24.3 Å². The molecular formula is C11H16BrNO2S. The van der Waals surface area contributed by atoms with Crippen LogP contribution >= 0.6 is 15.9 Å². The molecule has 0 amide bonds. The van der Waals surface area contributed by atoms with E-state index in [-0.39, 0.29) is 11.7 Å². The van der Waals surface area contributed by atoms with Crippen molar-refractivity contribution >= 4 is 25.8 Å². The van der Waals surface area contributed by atoms with Gasteiger partial charge in [-0.3, -0.25) is 0 Å². The van der Waals surface area contributed by atoms with Crippen molar-refractivity contribution in [1.82, 2.24) is 0 Å². The zero-order valence-electron chi connectivity index (χ0n) is 9.19. The van der Waals surface area contributed by atoms with Crippen molar-refractivity contribution in [3.8, 4) is 0 Å². The molecular weight excluding hydrogens is 290 g/mol. The molecule has 0 heterocycles. The van der Waals surface area contributed by atoms with Crippen LogP contribution in [0.25, 0.3) is 0 Å². The number of benzene rings is 1. The summed E-state index contributed by atoms with van der Waals surface area (Å²) in [5, 5.41) is 0. The third-order valence-corrected chi connectivity index (χ3v) is 4.17. The Morgan fingerprint density at radius 3 is 2.50 bits per heavy atom. The van der Waals surface area contributed by atoms with Crippen molar-refractivity contribution < 1.29 is 8.42 Å².